The fourth-order valence-corrected chi connectivity index (χ4v) is 3.07. The van der Waals surface area contributed by atoms with Crippen LogP contribution in [0.25, 0.3) is 0 Å². The van der Waals surface area contributed by atoms with Gasteiger partial charge >= 0.3 is 0 Å². The van der Waals surface area contributed by atoms with Gasteiger partial charge in [0.2, 0.25) is 0 Å². The van der Waals surface area contributed by atoms with Gasteiger partial charge in [0.1, 0.15) is 0 Å². The van der Waals surface area contributed by atoms with Gasteiger partial charge in [0, 0.05) is 26.7 Å². The summed E-state index contributed by atoms with van der Waals surface area (Å²) in [4.78, 5) is 2.35. The van der Waals surface area contributed by atoms with Crippen molar-refractivity contribution in [3.05, 3.63) is 0 Å². The first kappa shape index (κ1) is 14.9. The van der Waals surface area contributed by atoms with Crippen molar-refractivity contribution in [1.29, 1.82) is 0 Å². The third-order valence-electron chi connectivity index (χ3n) is 3.80. The molecule has 0 aliphatic heterocycles. The molecule has 102 valence electrons. The molecule has 0 atom stereocenters. The van der Waals surface area contributed by atoms with Crippen molar-refractivity contribution in [1.82, 2.24) is 10.2 Å². The van der Waals surface area contributed by atoms with E-state index in [-0.39, 0.29) is 0 Å². The van der Waals surface area contributed by atoms with Gasteiger partial charge in [0.15, 0.2) is 0 Å². The number of nitrogens with zero attached hydrogens (tertiary/aromatic N) is 1. The maximum atomic E-state index is 5.10. The first-order valence-electron chi connectivity index (χ1n) is 7.03. The normalized spacial score (nSPS) is 20.5. The molecule has 1 fully saturated rings. The van der Waals surface area contributed by atoms with Crippen molar-refractivity contribution >= 4 is 0 Å². The Balaban J connectivity index is 2.44. The summed E-state index contributed by atoms with van der Waals surface area (Å²) < 4.78 is 5.10. The van der Waals surface area contributed by atoms with E-state index >= 15 is 0 Å². The van der Waals surface area contributed by atoms with Crippen LogP contribution in [0.4, 0.5) is 0 Å². The monoisotopic (exact) mass is 242 g/mol. The molecule has 0 aromatic heterocycles. The Kier molecular flexibility index (Phi) is 7.09. The van der Waals surface area contributed by atoms with E-state index in [0.29, 0.717) is 5.41 Å². The van der Waals surface area contributed by atoms with E-state index in [2.05, 4.69) is 24.3 Å². The second kappa shape index (κ2) is 8.06. The van der Waals surface area contributed by atoms with Crippen LogP contribution in [0.5, 0.6) is 0 Å². The van der Waals surface area contributed by atoms with Crippen LogP contribution >= 0.6 is 0 Å². The molecule has 1 saturated carbocycles. The predicted molar refractivity (Wildman–Crippen MR) is 73.4 cm³/mol. The van der Waals surface area contributed by atoms with Crippen molar-refractivity contribution in [2.45, 2.75) is 38.5 Å². The molecule has 0 saturated heterocycles. The first-order valence-corrected chi connectivity index (χ1v) is 7.03. The summed E-state index contributed by atoms with van der Waals surface area (Å²) in [6.45, 7) is 4.16. The van der Waals surface area contributed by atoms with Crippen LogP contribution in [-0.2, 0) is 4.74 Å². The van der Waals surface area contributed by atoms with E-state index in [1.165, 1.54) is 45.1 Å². The Morgan fingerprint density at radius 2 is 1.76 bits per heavy atom. The first-order chi connectivity index (χ1) is 8.18. The molecule has 0 aromatic rings. The number of hydrogen-bond donors (Lipinski definition) is 1. The predicted octanol–water partition coefficient (Wildman–Crippen LogP) is 2.12. The summed E-state index contributed by atoms with van der Waals surface area (Å²) in [5.41, 5.74) is 0.494. The molecule has 0 aromatic carbocycles. The van der Waals surface area contributed by atoms with Gasteiger partial charge in [-0.1, -0.05) is 25.7 Å². The molecule has 0 amide bonds. The number of hydrogen-bond acceptors (Lipinski definition) is 3. The van der Waals surface area contributed by atoms with Crippen LogP contribution in [0.2, 0.25) is 0 Å². The summed E-state index contributed by atoms with van der Waals surface area (Å²) in [6, 6.07) is 0. The van der Waals surface area contributed by atoms with Gasteiger partial charge in [-0.15, -0.1) is 0 Å². The third kappa shape index (κ3) is 5.84. The highest BCUT2D eigenvalue weighted by Gasteiger charge is 2.30. The third-order valence-corrected chi connectivity index (χ3v) is 3.80. The Morgan fingerprint density at radius 1 is 1.12 bits per heavy atom. The lowest BCUT2D eigenvalue weighted by atomic mass is 9.79. The minimum atomic E-state index is 0.494. The van der Waals surface area contributed by atoms with Crippen LogP contribution < -0.4 is 5.32 Å². The van der Waals surface area contributed by atoms with Crippen LogP contribution in [0.15, 0.2) is 0 Å². The summed E-state index contributed by atoms with van der Waals surface area (Å²) in [5.74, 6) is 0. The van der Waals surface area contributed by atoms with Gasteiger partial charge < -0.3 is 15.0 Å². The van der Waals surface area contributed by atoms with Crippen LogP contribution in [0.3, 0.4) is 0 Å². The fraction of sp³-hybridized carbons (Fsp3) is 1.00. The van der Waals surface area contributed by atoms with Crippen LogP contribution in [0.1, 0.15) is 38.5 Å². The topological polar surface area (TPSA) is 24.5 Å². The molecule has 3 nitrogen and oxygen atoms in total. The van der Waals surface area contributed by atoms with Crippen molar-refractivity contribution < 1.29 is 4.74 Å². The molecule has 0 bridgehead atoms. The number of rotatable bonds is 7. The average Bonchev–Trinajstić information content (AvgIpc) is 2.50. The molecular formula is C14H30N2O. The van der Waals surface area contributed by atoms with E-state index < -0.39 is 0 Å². The quantitative estimate of drug-likeness (QED) is 0.547. The lowest BCUT2D eigenvalue weighted by molar-refractivity contribution is 0.152. The molecule has 1 N–H and O–H groups in total. The summed E-state index contributed by atoms with van der Waals surface area (Å²) >= 11 is 0. The molecule has 0 spiro atoms. The highest BCUT2D eigenvalue weighted by molar-refractivity contribution is 4.85. The standard InChI is InChI=1S/C14H30N2O/c1-16(2)13-14(12-15-10-11-17-3)8-6-4-5-7-9-14/h15H,4-13H2,1-3H3. The van der Waals surface area contributed by atoms with Gasteiger partial charge in [0.25, 0.3) is 0 Å². The molecule has 1 aliphatic carbocycles. The fourth-order valence-electron chi connectivity index (χ4n) is 3.07. The minimum absolute atomic E-state index is 0.494. The molecule has 0 radical (unpaired) electrons. The van der Waals surface area contributed by atoms with Gasteiger partial charge in [-0.2, -0.15) is 0 Å². The Hall–Kier alpha value is -0.120. The zero-order valence-corrected chi connectivity index (χ0v) is 11.9. The van der Waals surface area contributed by atoms with Gasteiger partial charge in [-0.25, -0.2) is 0 Å². The molecule has 0 unspecified atom stereocenters. The van der Waals surface area contributed by atoms with Gasteiger partial charge in [0.05, 0.1) is 6.61 Å². The SMILES string of the molecule is COCCNCC1(CN(C)C)CCCCCC1. The van der Waals surface area contributed by atoms with E-state index in [1.54, 1.807) is 7.11 Å². The zero-order chi connectivity index (χ0) is 12.6. The largest absolute Gasteiger partial charge is 0.383 e. The van der Waals surface area contributed by atoms with Crippen molar-refractivity contribution in [2.24, 2.45) is 5.41 Å². The summed E-state index contributed by atoms with van der Waals surface area (Å²) in [6.07, 6.45) is 8.41. The van der Waals surface area contributed by atoms with Gasteiger partial charge in [-0.05, 0) is 32.4 Å². The summed E-state index contributed by atoms with van der Waals surface area (Å²) in [5, 5.41) is 3.58. The van der Waals surface area contributed by atoms with E-state index in [4.69, 9.17) is 4.74 Å². The molecule has 1 rings (SSSR count). The molecule has 17 heavy (non-hydrogen) atoms. The molecule has 3 heteroatoms. The molecule has 1 aliphatic rings. The van der Waals surface area contributed by atoms with E-state index in [1.807, 2.05) is 0 Å². The van der Waals surface area contributed by atoms with E-state index in [9.17, 15) is 0 Å². The van der Waals surface area contributed by atoms with Crippen LogP contribution in [-0.4, -0.2) is 52.3 Å². The number of nitrogens with one attached hydrogen (secondary N) is 1. The van der Waals surface area contributed by atoms with Crippen LogP contribution in [0, 0.1) is 5.41 Å². The smallest absolute Gasteiger partial charge is 0.0587 e. The van der Waals surface area contributed by atoms with Crippen molar-refractivity contribution in [2.75, 3.05) is 47.4 Å². The molecular weight excluding hydrogens is 212 g/mol. The van der Waals surface area contributed by atoms with Crippen molar-refractivity contribution in [3.8, 4) is 0 Å². The highest BCUT2D eigenvalue weighted by Crippen LogP contribution is 2.34. The lowest BCUT2D eigenvalue weighted by Crippen LogP contribution is -2.42. The molecule has 0 heterocycles. The second-order valence-electron chi connectivity index (χ2n) is 5.82. The second-order valence-corrected chi connectivity index (χ2v) is 5.82. The zero-order valence-electron chi connectivity index (χ0n) is 11.9. The summed E-state index contributed by atoms with van der Waals surface area (Å²) in [7, 11) is 6.16. The average molecular weight is 242 g/mol. The Morgan fingerprint density at radius 3 is 2.29 bits per heavy atom. The maximum absolute atomic E-state index is 5.10. The van der Waals surface area contributed by atoms with Gasteiger partial charge in [-0.3, -0.25) is 0 Å². The van der Waals surface area contributed by atoms with Crippen molar-refractivity contribution in [3.63, 3.8) is 0 Å². The Labute approximate surface area is 107 Å². The number of ether oxygens (including phenoxy) is 1. The number of methoxy groups -OCH3 is 1. The maximum Gasteiger partial charge on any atom is 0.0587 e. The highest BCUT2D eigenvalue weighted by atomic mass is 16.5. The lowest BCUT2D eigenvalue weighted by Gasteiger charge is -2.36. The Bertz CT molecular complexity index is 187. The minimum Gasteiger partial charge on any atom is -0.383 e. The van der Waals surface area contributed by atoms with E-state index in [0.717, 1.165) is 19.7 Å².